The third-order valence-electron chi connectivity index (χ3n) is 4.73. The molecule has 1 aromatic rings. The van der Waals surface area contributed by atoms with Crippen molar-refractivity contribution in [3.63, 3.8) is 0 Å². The summed E-state index contributed by atoms with van der Waals surface area (Å²) in [4.78, 5) is 21.3. The first-order valence-corrected chi connectivity index (χ1v) is 8.99. The summed E-state index contributed by atoms with van der Waals surface area (Å²) in [6.45, 7) is 10.8. The number of thiazole rings is 1. The Labute approximate surface area is 136 Å². The molecule has 1 amide bonds. The number of ether oxygens (including phenoxy) is 1. The lowest BCUT2D eigenvalue weighted by Crippen LogP contribution is -2.49. The van der Waals surface area contributed by atoms with Crippen LogP contribution in [0.2, 0.25) is 0 Å². The van der Waals surface area contributed by atoms with Crippen LogP contribution in [0.15, 0.2) is 5.38 Å². The number of piperidine rings is 1. The third kappa shape index (κ3) is 3.34. The van der Waals surface area contributed by atoms with Crippen molar-refractivity contribution < 1.29 is 9.53 Å². The van der Waals surface area contributed by atoms with E-state index in [0.29, 0.717) is 24.2 Å². The van der Waals surface area contributed by atoms with Crippen molar-refractivity contribution in [2.45, 2.75) is 39.3 Å². The number of amides is 1. The van der Waals surface area contributed by atoms with Crippen LogP contribution >= 0.6 is 11.3 Å². The summed E-state index contributed by atoms with van der Waals surface area (Å²) in [5.41, 5.74) is 0.582. The van der Waals surface area contributed by atoms with E-state index in [4.69, 9.17) is 4.74 Å². The molecule has 0 aliphatic carbocycles. The maximum atomic E-state index is 12.6. The Balaban J connectivity index is 1.65. The van der Waals surface area contributed by atoms with Gasteiger partial charge in [0.25, 0.3) is 5.91 Å². The largest absolute Gasteiger partial charge is 0.375 e. The topological polar surface area (TPSA) is 45.7 Å². The fourth-order valence-electron chi connectivity index (χ4n) is 3.35. The van der Waals surface area contributed by atoms with Gasteiger partial charge in [-0.15, -0.1) is 11.3 Å². The zero-order valence-electron chi connectivity index (χ0n) is 13.6. The fourth-order valence-corrected chi connectivity index (χ4v) is 3.94. The highest BCUT2D eigenvalue weighted by molar-refractivity contribution is 7.09. The normalized spacial score (nSPS) is 26.8. The summed E-state index contributed by atoms with van der Waals surface area (Å²) in [7, 11) is 0. The van der Waals surface area contributed by atoms with Gasteiger partial charge < -0.3 is 9.64 Å². The second kappa shape index (κ2) is 6.64. The second-order valence-electron chi connectivity index (χ2n) is 6.55. The molecule has 0 bridgehead atoms. The molecule has 22 heavy (non-hydrogen) atoms. The van der Waals surface area contributed by atoms with E-state index >= 15 is 0 Å². The molecule has 5 nitrogen and oxygen atoms in total. The predicted molar refractivity (Wildman–Crippen MR) is 87.3 cm³/mol. The molecule has 0 spiro atoms. The Kier molecular flexibility index (Phi) is 4.80. The first kappa shape index (κ1) is 15.9. The van der Waals surface area contributed by atoms with Crippen LogP contribution in [0, 0.1) is 12.8 Å². The molecule has 0 saturated carbocycles. The van der Waals surface area contributed by atoms with Crippen molar-refractivity contribution in [1.29, 1.82) is 0 Å². The minimum atomic E-state index is 0.0522. The maximum absolute atomic E-state index is 12.6. The van der Waals surface area contributed by atoms with Crippen LogP contribution in [0.3, 0.4) is 0 Å². The summed E-state index contributed by atoms with van der Waals surface area (Å²) >= 11 is 1.53. The Bertz CT molecular complexity index is 531. The number of carbonyl (C=O) groups excluding carboxylic acids is 1. The summed E-state index contributed by atoms with van der Waals surface area (Å²) in [5.74, 6) is 0.586. The van der Waals surface area contributed by atoms with E-state index in [1.54, 1.807) is 0 Å². The number of likely N-dealkylation sites (tertiary alicyclic amines) is 1. The summed E-state index contributed by atoms with van der Waals surface area (Å²) in [6.07, 6.45) is 1.18. The lowest BCUT2D eigenvalue weighted by atomic mass is 9.93. The van der Waals surface area contributed by atoms with Crippen LogP contribution < -0.4 is 0 Å². The van der Waals surface area contributed by atoms with Gasteiger partial charge in [-0.2, -0.15) is 0 Å². The van der Waals surface area contributed by atoms with Gasteiger partial charge in [0.1, 0.15) is 5.69 Å². The van der Waals surface area contributed by atoms with Gasteiger partial charge in [-0.25, -0.2) is 4.98 Å². The molecule has 2 fully saturated rings. The van der Waals surface area contributed by atoms with Crippen molar-refractivity contribution in [3.8, 4) is 0 Å². The van der Waals surface area contributed by atoms with E-state index in [1.807, 2.05) is 17.2 Å². The van der Waals surface area contributed by atoms with Gasteiger partial charge in [0.15, 0.2) is 0 Å². The lowest BCUT2D eigenvalue weighted by molar-refractivity contribution is -0.0172. The molecule has 122 valence electrons. The van der Waals surface area contributed by atoms with E-state index in [1.165, 1.54) is 11.3 Å². The minimum Gasteiger partial charge on any atom is -0.375 e. The maximum Gasteiger partial charge on any atom is 0.273 e. The average Bonchev–Trinajstić information content (AvgIpc) is 2.81. The molecule has 2 unspecified atom stereocenters. The monoisotopic (exact) mass is 323 g/mol. The predicted octanol–water partition coefficient (Wildman–Crippen LogP) is 2.02. The average molecular weight is 323 g/mol. The highest BCUT2D eigenvalue weighted by Gasteiger charge is 2.36. The standard InChI is InChI=1S/C16H25N3O2S/c1-11(2)18-6-7-21-15-9-19(5-4-13(15)8-18)16(20)14-10-22-12(3)17-14/h10-11,13,15H,4-9H2,1-3H3. The zero-order chi connectivity index (χ0) is 15.7. The minimum absolute atomic E-state index is 0.0522. The van der Waals surface area contributed by atoms with E-state index in [9.17, 15) is 4.79 Å². The third-order valence-corrected chi connectivity index (χ3v) is 5.50. The number of hydrogen-bond acceptors (Lipinski definition) is 5. The van der Waals surface area contributed by atoms with Crippen LogP contribution in [0.1, 0.15) is 35.8 Å². The van der Waals surface area contributed by atoms with E-state index in [-0.39, 0.29) is 12.0 Å². The van der Waals surface area contributed by atoms with Crippen LogP contribution in [-0.4, -0.2) is 65.6 Å². The quantitative estimate of drug-likeness (QED) is 0.835. The highest BCUT2D eigenvalue weighted by atomic mass is 32.1. The summed E-state index contributed by atoms with van der Waals surface area (Å²) in [5, 5.41) is 2.80. The van der Waals surface area contributed by atoms with Crippen molar-refractivity contribution in [2.75, 3.05) is 32.8 Å². The van der Waals surface area contributed by atoms with Crippen LogP contribution in [0.5, 0.6) is 0 Å². The summed E-state index contributed by atoms with van der Waals surface area (Å²) < 4.78 is 6.06. The SMILES string of the molecule is Cc1nc(C(=O)N2CCC3CN(C(C)C)CCOC3C2)cs1. The van der Waals surface area contributed by atoms with Gasteiger partial charge >= 0.3 is 0 Å². The molecule has 3 heterocycles. The number of hydrogen-bond donors (Lipinski definition) is 0. The summed E-state index contributed by atoms with van der Waals surface area (Å²) in [6, 6.07) is 0.556. The van der Waals surface area contributed by atoms with Gasteiger partial charge in [-0.1, -0.05) is 0 Å². The van der Waals surface area contributed by atoms with Crippen LogP contribution in [-0.2, 0) is 4.74 Å². The highest BCUT2D eigenvalue weighted by Crippen LogP contribution is 2.26. The number of rotatable bonds is 2. The number of nitrogens with zero attached hydrogens (tertiary/aromatic N) is 3. The molecular weight excluding hydrogens is 298 g/mol. The van der Waals surface area contributed by atoms with Crippen LogP contribution in [0.25, 0.3) is 0 Å². The Morgan fingerprint density at radius 3 is 2.91 bits per heavy atom. The van der Waals surface area contributed by atoms with Crippen LogP contribution in [0.4, 0.5) is 0 Å². The van der Waals surface area contributed by atoms with E-state index in [2.05, 4.69) is 23.7 Å². The molecule has 0 aromatic carbocycles. The molecule has 1 aromatic heterocycles. The van der Waals surface area contributed by atoms with Gasteiger partial charge in [-0.05, 0) is 27.2 Å². The lowest BCUT2D eigenvalue weighted by Gasteiger charge is -2.38. The molecule has 2 aliphatic heterocycles. The molecule has 2 aliphatic rings. The van der Waals surface area contributed by atoms with Crippen molar-refractivity contribution in [2.24, 2.45) is 5.92 Å². The Morgan fingerprint density at radius 2 is 2.23 bits per heavy atom. The van der Waals surface area contributed by atoms with Crippen molar-refractivity contribution in [3.05, 3.63) is 16.1 Å². The molecule has 0 radical (unpaired) electrons. The van der Waals surface area contributed by atoms with E-state index < -0.39 is 0 Å². The number of fused-ring (bicyclic) bond motifs is 1. The number of aromatic nitrogens is 1. The molecule has 0 N–H and O–H groups in total. The number of aryl methyl sites for hydroxylation is 1. The fraction of sp³-hybridized carbons (Fsp3) is 0.750. The Hall–Kier alpha value is -0.980. The Morgan fingerprint density at radius 1 is 1.41 bits per heavy atom. The van der Waals surface area contributed by atoms with Gasteiger partial charge in [0.2, 0.25) is 0 Å². The molecule has 6 heteroatoms. The smallest absolute Gasteiger partial charge is 0.273 e. The first-order valence-electron chi connectivity index (χ1n) is 8.11. The van der Waals surface area contributed by atoms with Gasteiger partial charge in [0.05, 0.1) is 17.7 Å². The van der Waals surface area contributed by atoms with Crippen molar-refractivity contribution >= 4 is 17.2 Å². The van der Waals surface area contributed by atoms with Gasteiger partial charge in [-0.3, -0.25) is 9.69 Å². The van der Waals surface area contributed by atoms with E-state index in [0.717, 1.165) is 37.7 Å². The molecule has 2 atom stereocenters. The molecular formula is C16H25N3O2S. The van der Waals surface area contributed by atoms with Crippen molar-refractivity contribution in [1.82, 2.24) is 14.8 Å². The first-order chi connectivity index (χ1) is 10.5. The second-order valence-corrected chi connectivity index (χ2v) is 7.61. The van der Waals surface area contributed by atoms with Gasteiger partial charge in [0, 0.05) is 43.5 Å². The zero-order valence-corrected chi connectivity index (χ0v) is 14.4. The number of carbonyl (C=O) groups is 1. The molecule has 3 rings (SSSR count). The molecule has 2 saturated heterocycles.